The highest BCUT2D eigenvalue weighted by Gasteiger charge is 2.11. The molecule has 0 radical (unpaired) electrons. The molecule has 0 amide bonds. The second kappa shape index (κ2) is 3.64. The number of rotatable bonds is 3. The molecule has 0 bridgehead atoms. The fourth-order valence-corrected chi connectivity index (χ4v) is 1.37. The summed E-state index contributed by atoms with van der Waals surface area (Å²) in [5.41, 5.74) is 0.729. The van der Waals surface area contributed by atoms with Crippen molar-refractivity contribution >= 4 is 17.3 Å². The third-order valence-corrected chi connectivity index (χ3v) is 2.09. The van der Waals surface area contributed by atoms with Crippen molar-refractivity contribution in [1.29, 1.82) is 0 Å². The van der Waals surface area contributed by atoms with Crippen LogP contribution in [0.15, 0.2) is 34.7 Å². The molecule has 72 valence electrons. The zero-order valence-electron chi connectivity index (χ0n) is 7.51. The molecule has 1 N–H and O–H groups in total. The van der Waals surface area contributed by atoms with Gasteiger partial charge in [-0.05, 0) is 12.1 Å². The number of para-hydroxylation sites is 1. The molecule has 1 aromatic heterocycles. The topological polar surface area (TPSA) is 50.4 Å². The highest BCUT2D eigenvalue weighted by atomic mass is 16.4. The van der Waals surface area contributed by atoms with Gasteiger partial charge >= 0.3 is 0 Å². The van der Waals surface area contributed by atoms with Crippen molar-refractivity contribution in [2.24, 2.45) is 0 Å². The van der Waals surface area contributed by atoms with Gasteiger partial charge in [0.15, 0.2) is 0 Å². The molecule has 3 heteroatoms. The van der Waals surface area contributed by atoms with Gasteiger partial charge in [0.1, 0.15) is 23.7 Å². The minimum absolute atomic E-state index is 0.0693. The quantitative estimate of drug-likeness (QED) is 0.753. The molecule has 0 aliphatic carbocycles. The molecule has 1 heterocycles. The van der Waals surface area contributed by atoms with Crippen LogP contribution in [0.3, 0.4) is 0 Å². The van der Waals surface area contributed by atoms with E-state index in [1.807, 2.05) is 24.3 Å². The third-order valence-electron chi connectivity index (χ3n) is 2.09. The van der Waals surface area contributed by atoms with Gasteiger partial charge in [0.2, 0.25) is 0 Å². The lowest BCUT2D eigenvalue weighted by atomic mass is 10.2. The first-order valence-electron chi connectivity index (χ1n) is 4.41. The highest BCUT2D eigenvalue weighted by molar-refractivity contribution is 5.77. The maximum absolute atomic E-state index is 10.2. The average Bonchev–Trinajstić information content (AvgIpc) is 2.61. The van der Waals surface area contributed by atoms with Gasteiger partial charge < -0.3 is 14.3 Å². The third kappa shape index (κ3) is 1.54. The van der Waals surface area contributed by atoms with Gasteiger partial charge in [-0.1, -0.05) is 18.2 Å². The Labute approximate surface area is 81.0 Å². The standard InChI is InChI=1S/C11H10O3/c12-6-5-9(13)11-7-8-3-1-2-4-10(8)14-11/h1-4,6-7,9,13H,5H2. The van der Waals surface area contributed by atoms with Crippen LogP contribution in [0.25, 0.3) is 11.0 Å². The van der Waals surface area contributed by atoms with Crippen molar-refractivity contribution in [2.75, 3.05) is 0 Å². The average molecular weight is 190 g/mol. The summed E-state index contributed by atoms with van der Waals surface area (Å²) in [6.07, 6.45) is -0.0857. The number of carbonyl (C=O) groups is 1. The van der Waals surface area contributed by atoms with E-state index in [1.54, 1.807) is 6.07 Å². The Balaban J connectivity index is 2.39. The summed E-state index contributed by atoms with van der Waals surface area (Å²) in [6.45, 7) is 0. The zero-order chi connectivity index (χ0) is 9.97. The molecule has 14 heavy (non-hydrogen) atoms. The molecule has 0 saturated heterocycles. The summed E-state index contributed by atoms with van der Waals surface area (Å²) >= 11 is 0. The fourth-order valence-electron chi connectivity index (χ4n) is 1.37. The number of aliphatic hydroxyl groups is 1. The summed E-state index contributed by atoms with van der Waals surface area (Å²) in [5, 5.41) is 10.4. The highest BCUT2D eigenvalue weighted by Crippen LogP contribution is 2.24. The molecule has 1 unspecified atom stereocenters. The second-order valence-electron chi connectivity index (χ2n) is 3.10. The molecule has 0 fully saturated rings. The number of hydrogen-bond acceptors (Lipinski definition) is 3. The van der Waals surface area contributed by atoms with Crippen LogP contribution in [-0.2, 0) is 4.79 Å². The zero-order valence-corrected chi connectivity index (χ0v) is 7.51. The monoisotopic (exact) mass is 190 g/mol. The minimum atomic E-state index is -0.833. The van der Waals surface area contributed by atoms with Crippen molar-refractivity contribution in [2.45, 2.75) is 12.5 Å². The first-order chi connectivity index (χ1) is 6.81. The van der Waals surface area contributed by atoms with Crippen LogP contribution < -0.4 is 0 Å². The largest absolute Gasteiger partial charge is 0.458 e. The van der Waals surface area contributed by atoms with E-state index >= 15 is 0 Å². The molecule has 0 spiro atoms. The number of hydrogen-bond donors (Lipinski definition) is 1. The minimum Gasteiger partial charge on any atom is -0.458 e. The molecule has 1 atom stereocenters. The van der Waals surface area contributed by atoms with Crippen LogP contribution in [0.4, 0.5) is 0 Å². The van der Waals surface area contributed by atoms with E-state index in [1.165, 1.54) is 0 Å². The molecule has 0 aliphatic heterocycles. The number of furan rings is 1. The Bertz CT molecular complexity index is 411. The van der Waals surface area contributed by atoms with E-state index < -0.39 is 6.10 Å². The van der Waals surface area contributed by atoms with Crippen LogP contribution in [-0.4, -0.2) is 11.4 Å². The Hall–Kier alpha value is -1.61. The maximum Gasteiger partial charge on any atom is 0.134 e. The van der Waals surface area contributed by atoms with E-state index in [4.69, 9.17) is 4.42 Å². The summed E-state index contributed by atoms with van der Waals surface area (Å²) in [4.78, 5) is 10.2. The lowest BCUT2D eigenvalue weighted by molar-refractivity contribution is -0.109. The maximum atomic E-state index is 10.2. The second-order valence-corrected chi connectivity index (χ2v) is 3.10. The van der Waals surface area contributed by atoms with Gasteiger partial charge in [-0.3, -0.25) is 0 Å². The summed E-state index contributed by atoms with van der Waals surface area (Å²) < 4.78 is 5.37. The van der Waals surface area contributed by atoms with Gasteiger partial charge in [-0.2, -0.15) is 0 Å². The van der Waals surface area contributed by atoms with Gasteiger partial charge in [-0.15, -0.1) is 0 Å². The van der Waals surface area contributed by atoms with Crippen molar-refractivity contribution in [1.82, 2.24) is 0 Å². The molecule has 2 rings (SSSR count). The first kappa shape index (κ1) is 8.97. The van der Waals surface area contributed by atoms with Crippen LogP contribution in [0.2, 0.25) is 0 Å². The Morgan fingerprint density at radius 3 is 2.93 bits per heavy atom. The SMILES string of the molecule is O=CCC(O)c1cc2ccccc2o1. The number of benzene rings is 1. The van der Waals surface area contributed by atoms with Crippen molar-refractivity contribution in [3.8, 4) is 0 Å². The lowest BCUT2D eigenvalue weighted by Crippen LogP contribution is -1.95. The van der Waals surface area contributed by atoms with Crippen molar-refractivity contribution in [3.05, 3.63) is 36.1 Å². The molecular formula is C11H10O3. The lowest BCUT2D eigenvalue weighted by Gasteiger charge is -2.00. The van der Waals surface area contributed by atoms with Crippen molar-refractivity contribution < 1.29 is 14.3 Å². The van der Waals surface area contributed by atoms with E-state index in [9.17, 15) is 9.90 Å². The molecule has 1 aromatic carbocycles. The van der Waals surface area contributed by atoms with Crippen LogP contribution in [0, 0.1) is 0 Å². The molecule has 0 saturated carbocycles. The van der Waals surface area contributed by atoms with Gasteiger partial charge in [0.25, 0.3) is 0 Å². The molecule has 0 aliphatic rings. The summed E-state index contributed by atoms with van der Waals surface area (Å²) in [7, 11) is 0. The summed E-state index contributed by atoms with van der Waals surface area (Å²) in [6, 6.07) is 9.24. The summed E-state index contributed by atoms with van der Waals surface area (Å²) in [5.74, 6) is 0.443. The first-order valence-corrected chi connectivity index (χ1v) is 4.41. The van der Waals surface area contributed by atoms with Gasteiger partial charge in [0.05, 0.1) is 0 Å². The number of carbonyl (C=O) groups excluding carboxylic acids is 1. The molecular weight excluding hydrogens is 180 g/mol. The number of aldehydes is 1. The Morgan fingerprint density at radius 1 is 1.43 bits per heavy atom. The van der Waals surface area contributed by atoms with E-state index in [2.05, 4.69) is 0 Å². The van der Waals surface area contributed by atoms with E-state index in [0.29, 0.717) is 12.0 Å². The number of aliphatic hydroxyl groups excluding tert-OH is 1. The Morgan fingerprint density at radius 2 is 2.21 bits per heavy atom. The Kier molecular flexibility index (Phi) is 2.33. The van der Waals surface area contributed by atoms with E-state index in [-0.39, 0.29) is 6.42 Å². The molecule has 2 aromatic rings. The van der Waals surface area contributed by atoms with Crippen LogP contribution in [0.1, 0.15) is 18.3 Å². The normalized spacial score (nSPS) is 12.9. The van der Waals surface area contributed by atoms with Crippen LogP contribution in [0.5, 0.6) is 0 Å². The van der Waals surface area contributed by atoms with Gasteiger partial charge in [-0.25, -0.2) is 0 Å². The number of fused-ring (bicyclic) bond motifs is 1. The predicted octanol–water partition coefficient (Wildman–Crippen LogP) is 2.06. The van der Waals surface area contributed by atoms with E-state index in [0.717, 1.165) is 11.0 Å². The predicted molar refractivity (Wildman–Crippen MR) is 51.9 cm³/mol. The smallest absolute Gasteiger partial charge is 0.134 e. The van der Waals surface area contributed by atoms with Crippen molar-refractivity contribution in [3.63, 3.8) is 0 Å². The molecule has 3 nitrogen and oxygen atoms in total. The van der Waals surface area contributed by atoms with Gasteiger partial charge in [0, 0.05) is 11.8 Å². The fraction of sp³-hybridized carbons (Fsp3) is 0.182. The van der Waals surface area contributed by atoms with Crippen LogP contribution >= 0.6 is 0 Å².